The summed E-state index contributed by atoms with van der Waals surface area (Å²) < 4.78 is 5.72. The highest BCUT2D eigenvalue weighted by Gasteiger charge is 2.34. The van der Waals surface area contributed by atoms with Crippen LogP contribution in [0.25, 0.3) is 0 Å². The zero-order chi connectivity index (χ0) is 18.4. The van der Waals surface area contributed by atoms with Crippen molar-refractivity contribution in [1.29, 1.82) is 0 Å². The number of carbonyl (C=O) groups is 2. The Balaban J connectivity index is 1.91. The molecule has 0 bridgehead atoms. The second kappa shape index (κ2) is 8.88. The molecule has 5 heteroatoms. The van der Waals surface area contributed by atoms with E-state index in [1.54, 1.807) is 4.90 Å². The number of nitrogens with zero attached hydrogens (tertiary/aromatic N) is 1. The Morgan fingerprint density at radius 2 is 2.04 bits per heavy atom. The smallest absolute Gasteiger partial charge is 0.243 e. The van der Waals surface area contributed by atoms with Gasteiger partial charge in [-0.1, -0.05) is 39.8 Å². The van der Waals surface area contributed by atoms with Crippen molar-refractivity contribution in [1.82, 2.24) is 10.2 Å². The van der Waals surface area contributed by atoms with E-state index in [0.717, 1.165) is 24.2 Å². The fourth-order valence-corrected chi connectivity index (χ4v) is 2.95. The van der Waals surface area contributed by atoms with Crippen LogP contribution in [0.4, 0.5) is 0 Å². The Kier molecular flexibility index (Phi) is 6.85. The molecule has 1 atom stereocenters. The minimum atomic E-state index is -0.338. The van der Waals surface area contributed by atoms with E-state index in [0.29, 0.717) is 25.6 Å². The number of ether oxygens (including phenoxy) is 1. The van der Waals surface area contributed by atoms with E-state index in [-0.39, 0.29) is 23.8 Å². The van der Waals surface area contributed by atoms with Gasteiger partial charge in [-0.05, 0) is 36.5 Å². The molecule has 1 fully saturated rings. The molecule has 138 valence electrons. The summed E-state index contributed by atoms with van der Waals surface area (Å²) in [5.41, 5.74) is 0.995. The van der Waals surface area contributed by atoms with Crippen LogP contribution in [0.1, 0.15) is 46.1 Å². The first-order valence-electron chi connectivity index (χ1n) is 9.18. The Hall–Kier alpha value is -2.04. The van der Waals surface area contributed by atoms with Gasteiger partial charge in [0.05, 0.1) is 6.61 Å². The lowest BCUT2D eigenvalue weighted by Gasteiger charge is -2.25. The van der Waals surface area contributed by atoms with E-state index in [4.69, 9.17) is 4.74 Å². The van der Waals surface area contributed by atoms with E-state index in [1.807, 2.05) is 38.1 Å². The predicted molar refractivity (Wildman–Crippen MR) is 98.2 cm³/mol. The highest BCUT2D eigenvalue weighted by Crippen LogP contribution is 2.20. The molecule has 0 aromatic heterocycles. The summed E-state index contributed by atoms with van der Waals surface area (Å²) in [6, 6.07) is 7.44. The van der Waals surface area contributed by atoms with Crippen LogP contribution in [0.3, 0.4) is 0 Å². The summed E-state index contributed by atoms with van der Waals surface area (Å²) in [5, 5.41) is 2.97. The number of hydrogen-bond donors (Lipinski definition) is 1. The molecule has 0 spiro atoms. The molecular formula is C20H30N2O3. The zero-order valence-electron chi connectivity index (χ0n) is 15.7. The maximum absolute atomic E-state index is 12.5. The monoisotopic (exact) mass is 346 g/mol. The van der Waals surface area contributed by atoms with Gasteiger partial charge in [-0.15, -0.1) is 0 Å². The number of rotatable bonds is 7. The van der Waals surface area contributed by atoms with Crippen molar-refractivity contribution < 1.29 is 14.3 Å². The van der Waals surface area contributed by atoms with Crippen LogP contribution < -0.4 is 10.1 Å². The van der Waals surface area contributed by atoms with E-state index in [9.17, 15) is 9.59 Å². The molecule has 2 rings (SSSR count). The predicted octanol–water partition coefficient (Wildman–Crippen LogP) is 2.98. The summed E-state index contributed by atoms with van der Waals surface area (Å²) >= 11 is 0. The van der Waals surface area contributed by atoms with Gasteiger partial charge in [-0.3, -0.25) is 9.59 Å². The molecule has 1 aliphatic rings. The first kappa shape index (κ1) is 19.3. The van der Waals surface area contributed by atoms with E-state index in [1.165, 1.54) is 0 Å². The summed E-state index contributed by atoms with van der Waals surface area (Å²) in [4.78, 5) is 26.5. The Morgan fingerprint density at radius 1 is 1.28 bits per heavy atom. The summed E-state index contributed by atoms with van der Waals surface area (Å²) in [7, 11) is 0. The highest BCUT2D eigenvalue weighted by atomic mass is 16.5. The first-order chi connectivity index (χ1) is 11.9. The zero-order valence-corrected chi connectivity index (χ0v) is 15.7. The van der Waals surface area contributed by atoms with Crippen LogP contribution in [-0.2, 0) is 16.1 Å². The van der Waals surface area contributed by atoms with Crippen LogP contribution in [-0.4, -0.2) is 35.9 Å². The summed E-state index contributed by atoms with van der Waals surface area (Å²) in [6.07, 6.45) is 1.62. The third-order valence-electron chi connectivity index (χ3n) is 4.28. The molecule has 0 radical (unpaired) electrons. The summed E-state index contributed by atoms with van der Waals surface area (Å²) in [5.74, 6) is 1.19. The molecule has 25 heavy (non-hydrogen) atoms. The molecule has 1 heterocycles. The third-order valence-corrected chi connectivity index (χ3v) is 4.28. The van der Waals surface area contributed by atoms with Crippen LogP contribution in [0.2, 0.25) is 0 Å². The molecule has 1 unspecified atom stereocenters. The van der Waals surface area contributed by atoms with Crippen molar-refractivity contribution in [2.75, 3.05) is 13.2 Å². The highest BCUT2D eigenvalue weighted by molar-refractivity contribution is 5.88. The van der Waals surface area contributed by atoms with Crippen molar-refractivity contribution in [3.63, 3.8) is 0 Å². The van der Waals surface area contributed by atoms with Gasteiger partial charge in [0.1, 0.15) is 11.8 Å². The van der Waals surface area contributed by atoms with Crippen LogP contribution in [0.15, 0.2) is 24.3 Å². The summed E-state index contributed by atoms with van der Waals surface area (Å²) in [6.45, 7) is 9.75. The Bertz CT molecular complexity index is 598. The van der Waals surface area contributed by atoms with Gasteiger partial charge in [0, 0.05) is 19.0 Å². The second-order valence-electron chi connectivity index (χ2n) is 7.41. The average molecular weight is 346 g/mol. The van der Waals surface area contributed by atoms with E-state index >= 15 is 0 Å². The lowest BCUT2D eigenvalue weighted by molar-refractivity contribution is -0.140. The molecule has 1 aliphatic heterocycles. The standard InChI is InChI=1S/C20H30N2O3/c1-14(2)13-25-17-8-5-7-16(11-17)12-21-19(23)18-9-6-10-22(18)20(24)15(3)4/h5,7-8,11,14-15,18H,6,9-10,12-13H2,1-4H3,(H,21,23). The topological polar surface area (TPSA) is 58.6 Å². The van der Waals surface area contributed by atoms with Crippen molar-refractivity contribution >= 4 is 11.8 Å². The first-order valence-corrected chi connectivity index (χ1v) is 9.18. The van der Waals surface area contributed by atoms with Crippen molar-refractivity contribution in [3.8, 4) is 5.75 Å². The number of amides is 2. The number of carbonyl (C=O) groups excluding carboxylic acids is 2. The molecule has 0 aliphatic carbocycles. The van der Waals surface area contributed by atoms with E-state index < -0.39 is 0 Å². The van der Waals surface area contributed by atoms with Crippen molar-refractivity contribution in [2.45, 2.75) is 53.1 Å². The van der Waals surface area contributed by atoms with Gasteiger partial charge in [0.15, 0.2) is 0 Å². The van der Waals surface area contributed by atoms with Crippen LogP contribution in [0.5, 0.6) is 5.75 Å². The van der Waals surface area contributed by atoms with Gasteiger partial charge < -0.3 is 15.0 Å². The van der Waals surface area contributed by atoms with E-state index in [2.05, 4.69) is 19.2 Å². The molecule has 2 amide bonds. The third kappa shape index (κ3) is 5.48. The van der Waals surface area contributed by atoms with Gasteiger partial charge in [-0.2, -0.15) is 0 Å². The molecular weight excluding hydrogens is 316 g/mol. The molecule has 0 saturated carbocycles. The van der Waals surface area contributed by atoms with Gasteiger partial charge in [0.2, 0.25) is 11.8 Å². The number of likely N-dealkylation sites (tertiary alicyclic amines) is 1. The Morgan fingerprint density at radius 3 is 2.72 bits per heavy atom. The number of hydrogen-bond acceptors (Lipinski definition) is 3. The lowest BCUT2D eigenvalue weighted by atomic mass is 10.1. The average Bonchev–Trinajstić information content (AvgIpc) is 3.07. The second-order valence-corrected chi connectivity index (χ2v) is 7.41. The van der Waals surface area contributed by atoms with Gasteiger partial charge in [0.25, 0.3) is 0 Å². The lowest BCUT2D eigenvalue weighted by Crippen LogP contribution is -2.47. The fourth-order valence-electron chi connectivity index (χ4n) is 2.95. The Labute approximate surface area is 150 Å². The van der Waals surface area contributed by atoms with Crippen LogP contribution >= 0.6 is 0 Å². The minimum absolute atomic E-state index is 0.0572. The van der Waals surface area contributed by atoms with Crippen LogP contribution in [0, 0.1) is 11.8 Å². The number of benzene rings is 1. The maximum Gasteiger partial charge on any atom is 0.243 e. The molecule has 1 N–H and O–H groups in total. The quantitative estimate of drug-likeness (QED) is 0.826. The van der Waals surface area contributed by atoms with Gasteiger partial charge in [-0.25, -0.2) is 0 Å². The number of nitrogens with one attached hydrogen (secondary N) is 1. The van der Waals surface area contributed by atoms with Gasteiger partial charge >= 0.3 is 0 Å². The molecule has 1 aromatic carbocycles. The normalized spacial score (nSPS) is 17.2. The fraction of sp³-hybridized carbons (Fsp3) is 0.600. The minimum Gasteiger partial charge on any atom is -0.493 e. The molecule has 5 nitrogen and oxygen atoms in total. The maximum atomic E-state index is 12.5. The SMILES string of the molecule is CC(C)COc1cccc(CNC(=O)C2CCCN2C(=O)C(C)C)c1. The molecule has 1 saturated heterocycles. The van der Waals surface area contributed by atoms with Crippen molar-refractivity contribution in [2.24, 2.45) is 11.8 Å². The van der Waals surface area contributed by atoms with Crippen molar-refractivity contribution in [3.05, 3.63) is 29.8 Å². The molecule has 1 aromatic rings. The largest absolute Gasteiger partial charge is 0.493 e.